The minimum atomic E-state index is 0. The van der Waals surface area contributed by atoms with Gasteiger partial charge in [0.1, 0.15) is 0 Å². The topological polar surface area (TPSA) is 78.4 Å². The summed E-state index contributed by atoms with van der Waals surface area (Å²) in [6.07, 6.45) is 0. The van der Waals surface area contributed by atoms with E-state index in [1.807, 2.05) is 17.4 Å². The highest BCUT2D eigenvalue weighted by atomic mass is 127. The molecule has 1 atom stereocenters. The number of halogens is 1. The third-order valence-electron chi connectivity index (χ3n) is 5.05. The summed E-state index contributed by atoms with van der Waals surface area (Å²) in [6.45, 7) is 9.62. The molecule has 1 aromatic carbocycles. The molecule has 1 aromatic heterocycles. The highest BCUT2D eigenvalue weighted by Crippen LogP contribution is 2.28. The van der Waals surface area contributed by atoms with Gasteiger partial charge in [0.25, 0.3) is 0 Å². The summed E-state index contributed by atoms with van der Waals surface area (Å²) in [5.74, 6) is 1.36. The quantitative estimate of drug-likeness (QED) is 0.261. The van der Waals surface area contributed by atoms with Crippen LogP contribution in [0.4, 0.5) is 0 Å². The predicted molar refractivity (Wildman–Crippen MR) is 137 cm³/mol. The Kier molecular flexibility index (Phi) is 10.9. The van der Waals surface area contributed by atoms with Gasteiger partial charge in [0.2, 0.25) is 0 Å². The molecule has 7 nitrogen and oxygen atoms in total. The first-order chi connectivity index (χ1) is 14.6. The summed E-state index contributed by atoms with van der Waals surface area (Å²) in [7, 11) is 1.54. The average Bonchev–Trinajstić information content (AvgIpc) is 3.19. The number of morpholine rings is 1. The lowest BCUT2D eigenvalue weighted by molar-refractivity contribution is 0.0177. The molecule has 9 heteroatoms. The number of aliphatic imine (C=N–C) groups is 1. The minimum Gasteiger partial charge on any atom is -0.504 e. The van der Waals surface area contributed by atoms with Crippen LogP contribution in [0.15, 0.2) is 35.3 Å². The summed E-state index contributed by atoms with van der Waals surface area (Å²) in [5.41, 5.74) is 0.920. The van der Waals surface area contributed by atoms with Crippen molar-refractivity contribution in [2.45, 2.75) is 26.4 Å². The van der Waals surface area contributed by atoms with Crippen molar-refractivity contribution in [2.75, 3.05) is 46.5 Å². The zero-order valence-electron chi connectivity index (χ0n) is 18.4. The second-order valence-electron chi connectivity index (χ2n) is 7.19. The molecule has 172 valence electrons. The van der Waals surface area contributed by atoms with E-state index in [0.29, 0.717) is 12.3 Å². The van der Waals surface area contributed by atoms with Crippen LogP contribution in [0.5, 0.6) is 11.5 Å². The fraction of sp³-hybridized carbons (Fsp3) is 0.500. The van der Waals surface area contributed by atoms with Gasteiger partial charge >= 0.3 is 0 Å². The number of nitrogens with zero attached hydrogens (tertiary/aromatic N) is 2. The summed E-state index contributed by atoms with van der Waals surface area (Å²) in [6, 6.07) is 10.1. The third kappa shape index (κ3) is 7.51. The van der Waals surface area contributed by atoms with Gasteiger partial charge in [0.05, 0.1) is 32.9 Å². The van der Waals surface area contributed by atoms with Crippen LogP contribution in [0.2, 0.25) is 0 Å². The summed E-state index contributed by atoms with van der Waals surface area (Å²) >= 11 is 1.85. The number of phenolic OH excluding ortho intramolecular Hbond substituents is 1. The molecule has 3 rings (SSSR count). The minimum absolute atomic E-state index is 0. The van der Waals surface area contributed by atoms with Crippen molar-refractivity contribution in [3.05, 3.63) is 45.6 Å². The van der Waals surface area contributed by atoms with Crippen LogP contribution in [0.25, 0.3) is 0 Å². The summed E-state index contributed by atoms with van der Waals surface area (Å²) in [4.78, 5) is 9.86. The Bertz CT molecular complexity index is 840. The van der Waals surface area contributed by atoms with E-state index < -0.39 is 0 Å². The van der Waals surface area contributed by atoms with Gasteiger partial charge in [0, 0.05) is 35.9 Å². The van der Waals surface area contributed by atoms with Gasteiger partial charge in [-0.1, -0.05) is 6.07 Å². The molecule has 2 aromatic rings. The smallest absolute Gasteiger partial charge is 0.191 e. The van der Waals surface area contributed by atoms with Crippen molar-refractivity contribution in [2.24, 2.45) is 4.99 Å². The molecule has 2 heterocycles. The Morgan fingerprint density at radius 1 is 1.26 bits per heavy atom. The molecular formula is C22H33IN4O3S. The number of phenols is 1. The first-order valence-corrected chi connectivity index (χ1v) is 11.2. The largest absolute Gasteiger partial charge is 0.504 e. The highest BCUT2D eigenvalue weighted by molar-refractivity contribution is 14.0. The van der Waals surface area contributed by atoms with E-state index in [9.17, 15) is 5.11 Å². The fourth-order valence-corrected chi connectivity index (χ4v) is 4.48. The molecule has 1 aliphatic heterocycles. The number of guanidine groups is 1. The number of aromatic hydroxyl groups is 1. The maximum Gasteiger partial charge on any atom is 0.191 e. The van der Waals surface area contributed by atoms with Crippen molar-refractivity contribution >= 4 is 41.3 Å². The van der Waals surface area contributed by atoms with Crippen LogP contribution in [0, 0.1) is 6.92 Å². The molecule has 0 spiro atoms. The van der Waals surface area contributed by atoms with E-state index >= 15 is 0 Å². The maximum atomic E-state index is 9.99. The van der Waals surface area contributed by atoms with E-state index in [1.54, 1.807) is 19.2 Å². The average molecular weight is 561 g/mol. The molecule has 1 aliphatic rings. The molecular weight excluding hydrogens is 527 g/mol. The SMILES string of the molecule is CCNC(=NCc1ccc(OC)c(O)c1)NCC(c1ccc(C)s1)N1CCOCC1.I. The summed E-state index contributed by atoms with van der Waals surface area (Å²) < 4.78 is 10.7. The van der Waals surface area contributed by atoms with E-state index in [1.165, 1.54) is 9.75 Å². The lowest BCUT2D eigenvalue weighted by atomic mass is 10.2. The van der Waals surface area contributed by atoms with Crippen molar-refractivity contribution < 1.29 is 14.6 Å². The molecule has 1 unspecified atom stereocenters. The number of nitrogens with one attached hydrogen (secondary N) is 2. The Morgan fingerprint density at radius 3 is 2.65 bits per heavy atom. The standard InChI is InChI=1S/C22H32N4O3S.HI/c1-4-23-22(24-14-17-6-7-20(28-3)19(27)13-17)25-15-18(21-8-5-16(2)30-21)26-9-11-29-12-10-26;/h5-8,13,18,27H,4,9-12,14-15H2,1-3H3,(H2,23,24,25);1H. The van der Waals surface area contributed by atoms with Gasteiger partial charge in [-0.15, -0.1) is 35.3 Å². The number of methoxy groups -OCH3 is 1. The lowest BCUT2D eigenvalue weighted by Gasteiger charge is -2.34. The van der Waals surface area contributed by atoms with Crippen molar-refractivity contribution in [3.63, 3.8) is 0 Å². The van der Waals surface area contributed by atoms with Crippen LogP contribution >= 0.6 is 35.3 Å². The first kappa shape index (κ1) is 25.7. The van der Waals surface area contributed by atoms with Crippen molar-refractivity contribution in [1.29, 1.82) is 0 Å². The van der Waals surface area contributed by atoms with E-state index in [4.69, 9.17) is 14.5 Å². The van der Waals surface area contributed by atoms with Gasteiger partial charge in [-0.25, -0.2) is 4.99 Å². The first-order valence-electron chi connectivity index (χ1n) is 10.4. The van der Waals surface area contributed by atoms with E-state index in [2.05, 4.69) is 41.5 Å². The number of hydrogen-bond acceptors (Lipinski definition) is 6. The molecule has 0 aliphatic carbocycles. The highest BCUT2D eigenvalue weighted by Gasteiger charge is 2.24. The number of ether oxygens (including phenoxy) is 2. The Balaban J connectivity index is 0.00000341. The zero-order chi connectivity index (χ0) is 21.3. The Hall–Kier alpha value is -1.56. The van der Waals surface area contributed by atoms with Crippen LogP contribution < -0.4 is 15.4 Å². The molecule has 1 saturated heterocycles. The monoisotopic (exact) mass is 560 g/mol. The van der Waals surface area contributed by atoms with Crippen molar-refractivity contribution in [1.82, 2.24) is 15.5 Å². The zero-order valence-corrected chi connectivity index (χ0v) is 21.5. The van der Waals surface area contributed by atoms with Crippen molar-refractivity contribution in [3.8, 4) is 11.5 Å². The third-order valence-corrected chi connectivity index (χ3v) is 6.15. The van der Waals surface area contributed by atoms with E-state index in [-0.39, 0.29) is 35.8 Å². The van der Waals surface area contributed by atoms with Gasteiger partial charge in [0.15, 0.2) is 17.5 Å². The molecule has 0 bridgehead atoms. The van der Waals surface area contributed by atoms with E-state index in [0.717, 1.165) is 50.9 Å². The van der Waals surface area contributed by atoms with Crippen LogP contribution in [-0.2, 0) is 11.3 Å². The molecule has 0 radical (unpaired) electrons. The Morgan fingerprint density at radius 2 is 2.03 bits per heavy atom. The lowest BCUT2D eigenvalue weighted by Crippen LogP contribution is -2.46. The fourth-order valence-electron chi connectivity index (χ4n) is 3.47. The summed E-state index contributed by atoms with van der Waals surface area (Å²) in [5, 5.41) is 16.8. The number of benzene rings is 1. The van der Waals surface area contributed by atoms with Crippen LogP contribution in [0.1, 0.15) is 28.3 Å². The molecule has 3 N–H and O–H groups in total. The normalized spacial score (nSPS) is 15.8. The second-order valence-corrected chi connectivity index (χ2v) is 8.51. The number of aryl methyl sites for hydroxylation is 1. The second kappa shape index (κ2) is 13.1. The molecule has 1 fully saturated rings. The molecule has 0 amide bonds. The van der Waals surface area contributed by atoms with Gasteiger partial charge in [-0.05, 0) is 43.7 Å². The Labute approximate surface area is 205 Å². The number of thiophene rings is 1. The molecule has 31 heavy (non-hydrogen) atoms. The van der Waals surface area contributed by atoms with Gasteiger partial charge < -0.3 is 25.2 Å². The van der Waals surface area contributed by atoms with Gasteiger partial charge in [-0.3, -0.25) is 4.90 Å². The molecule has 0 saturated carbocycles. The van der Waals surface area contributed by atoms with Crippen LogP contribution in [-0.4, -0.2) is 62.5 Å². The number of rotatable bonds is 8. The van der Waals surface area contributed by atoms with Gasteiger partial charge in [-0.2, -0.15) is 0 Å². The predicted octanol–water partition coefficient (Wildman–Crippen LogP) is 3.52. The van der Waals surface area contributed by atoms with Crippen LogP contribution in [0.3, 0.4) is 0 Å². The maximum absolute atomic E-state index is 9.99. The number of hydrogen-bond donors (Lipinski definition) is 3.